The Hall–Kier alpha value is -4.10. The highest BCUT2D eigenvalue weighted by atomic mass is 35.5. The molecular weight excluding hydrogens is 567 g/mol. The van der Waals surface area contributed by atoms with Gasteiger partial charge in [-0.3, -0.25) is 0 Å². The van der Waals surface area contributed by atoms with Gasteiger partial charge in [-0.05, 0) is 36.4 Å². The van der Waals surface area contributed by atoms with Crippen LogP contribution in [0.3, 0.4) is 0 Å². The summed E-state index contributed by atoms with van der Waals surface area (Å²) in [6, 6.07) is 31.2. The molecule has 0 saturated carbocycles. The van der Waals surface area contributed by atoms with Gasteiger partial charge in [-0.1, -0.05) is 144 Å². The van der Waals surface area contributed by atoms with E-state index < -0.39 is 22.4 Å². The second kappa shape index (κ2) is 11.6. The van der Waals surface area contributed by atoms with Crippen molar-refractivity contribution >= 4 is 23.2 Å². The first kappa shape index (κ1) is 29.4. The van der Waals surface area contributed by atoms with Gasteiger partial charge in [0.25, 0.3) is 0 Å². The van der Waals surface area contributed by atoms with Crippen LogP contribution in [0.15, 0.2) is 133 Å². The molecule has 1 aliphatic rings. The molecule has 0 aliphatic heterocycles. The van der Waals surface area contributed by atoms with Crippen molar-refractivity contribution in [3.8, 4) is 23.7 Å². The lowest BCUT2D eigenvalue weighted by atomic mass is 9.83. The molecule has 0 saturated heterocycles. The van der Waals surface area contributed by atoms with E-state index >= 15 is 0 Å². The smallest absolute Gasteiger partial charge is 0.178 e. The Labute approximate surface area is 254 Å². The summed E-state index contributed by atoms with van der Waals surface area (Å²) in [4.78, 5) is 0. The van der Waals surface area contributed by atoms with Gasteiger partial charge in [0.15, 0.2) is 22.4 Å². The highest BCUT2D eigenvalue weighted by molar-refractivity contribution is 6.31. The molecule has 42 heavy (non-hydrogen) atoms. The van der Waals surface area contributed by atoms with E-state index in [-0.39, 0.29) is 0 Å². The summed E-state index contributed by atoms with van der Waals surface area (Å²) in [5.41, 5.74) is -5.66. The SMILES string of the molecule is OC1(C#CC(O)(c2ccccc2)c2ccccc2Cl)C=CC(O)(C#CC(O)(c2ccccc2)c2ccccc2Cl)C=C1. The average molecular weight is 594 g/mol. The number of rotatable bonds is 4. The van der Waals surface area contributed by atoms with Gasteiger partial charge in [0.05, 0.1) is 0 Å². The van der Waals surface area contributed by atoms with Crippen LogP contribution < -0.4 is 0 Å². The van der Waals surface area contributed by atoms with Crippen molar-refractivity contribution in [2.75, 3.05) is 0 Å². The number of halogens is 2. The van der Waals surface area contributed by atoms with E-state index in [4.69, 9.17) is 23.2 Å². The highest BCUT2D eigenvalue weighted by Gasteiger charge is 2.35. The van der Waals surface area contributed by atoms with Crippen LogP contribution >= 0.6 is 23.2 Å². The van der Waals surface area contributed by atoms with Gasteiger partial charge in [-0.25, -0.2) is 0 Å². The molecule has 6 heteroatoms. The summed E-state index contributed by atoms with van der Waals surface area (Å²) in [6.07, 6.45) is 5.13. The van der Waals surface area contributed by atoms with Gasteiger partial charge in [-0.2, -0.15) is 0 Å². The van der Waals surface area contributed by atoms with Crippen LogP contribution in [0, 0.1) is 23.7 Å². The van der Waals surface area contributed by atoms with Crippen molar-refractivity contribution in [2.24, 2.45) is 0 Å². The van der Waals surface area contributed by atoms with Crippen LogP contribution in [-0.2, 0) is 11.2 Å². The minimum atomic E-state index is -1.84. The molecule has 0 spiro atoms. The average Bonchev–Trinajstić information content (AvgIpc) is 3.02. The number of hydrogen-bond donors (Lipinski definition) is 4. The van der Waals surface area contributed by atoms with Crippen LogP contribution in [-0.4, -0.2) is 31.6 Å². The summed E-state index contributed by atoms with van der Waals surface area (Å²) in [7, 11) is 0. The standard InChI is InChI=1S/C36H26Cl2O4/c37-31-17-9-7-15-29(31)35(41,27-11-3-1-4-12-27)25-23-33(39)19-21-34(40,22-20-33)24-26-36(42,28-13-5-2-6-14-28)30-16-8-10-18-32(30)38/h1-22,39-42H. The van der Waals surface area contributed by atoms with Gasteiger partial charge < -0.3 is 20.4 Å². The molecule has 2 atom stereocenters. The first-order chi connectivity index (χ1) is 20.1. The van der Waals surface area contributed by atoms with E-state index in [1.165, 1.54) is 24.3 Å². The Morgan fingerprint density at radius 1 is 0.476 bits per heavy atom. The summed E-state index contributed by atoms with van der Waals surface area (Å²) in [5.74, 6) is 11.1. The monoisotopic (exact) mass is 592 g/mol. The Balaban J connectivity index is 1.50. The molecule has 2 unspecified atom stereocenters. The lowest BCUT2D eigenvalue weighted by Gasteiger charge is -2.28. The van der Waals surface area contributed by atoms with Crippen LogP contribution in [0.4, 0.5) is 0 Å². The van der Waals surface area contributed by atoms with Crippen LogP contribution in [0.1, 0.15) is 22.3 Å². The van der Waals surface area contributed by atoms with Crippen molar-refractivity contribution in [2.45, 2.75) is 22.4 Å². The van der Waals surface area contributed by atoms with E-state index in [2.05, 4.69) is 23.7 Å². The zero-order valence-corrected chi connectivity index (χ0v) is 23.8. The van der Waals surface area contributed by atoms with Gasteiger partial charge in [0, 0.05) is 32.3 Å². The fraction of sp³-hybridized carbons (Fsp3) is 0.111. The quantitative estimate of drug-likeness (QED) is 0.179. The number of aliphatic hydroxyl groups is 4. The van der Waals surface area contributed by atoms with Gasteiger partial charge in [-0.15, -0.1) is 0 Å². The number of hydrogen-bond acceptors (Lipinski definition) is 4. The molecule has 0 aromatic heterocycles. The summed E-state index contributed by atoms with van der Waals surface area (Å²) < 4.78 is 0. The molecule has 4 aromatic carbocycles. The fourth-order valence-corrected chi connectivity index (χ4v) is 5.17. The van der Waals surface area contributed by atoms with Gasteiger partial charge >= 0.3 is 0 Å². The molecule has 208 valence electrons. The largest absolute Gasteiger partial charge is 0.370 e. The Bertz CT molecular complexity index is 1630. The van der Waals surface area contributed by atoms with Crippen LogP contribution in [0.5, 0.6) is 0 Å². The molecular formula is C36H26Cl2O4. The maximum absolute atomic E-state index is 11.8. The maximum Gasteiger partial charge on any atom is 0.178 e. The molecule has 4 aromatic rings. The van der Waals surface area contributed by atoms with E-state index in [1.54, 1.807) is 97.1 Å². The Morgan fingerprint density at radius 3 is 1.12 bits per heavy atom. The maximum atomic E-state index is 11.8. The minimum Gasteiger partial charge on any atom is -0.370 e. The zero-order chi connectivity index (χ0) is 29.8. The minimum absolute atomic E-state index is 0.314. The molecule has 0 heterocycles. The first-order valence-electron chi connectivity index (χ1n) is 13.1. The molecule has 4 nitrogen and oxygen atoms in total. The Morgan fingerprint density at radius 2 is 0.786 bits per heavy atom. The summed E-state index contributed by atoms with van der Waals surface area (Å²) in [5, 5.41) is 46.6. The van der Waals surface area contributed by atoms with E-state index in [1.807, 2.05) is 12.1 Å². The lowest BCUT2D eigenvalue weighted by molar-refractivity contribution is 0.140. The third-order valence-electron chi connectivity index (χ3n) is 6.98. The fourth-order valence-electron chi connectivity index (χ4n) is 4.63. The van der Waals surface area contributed by atoms with E-state index in [0.717, 1.165) is 0 Å². The van der Waals surface area contributed by atoms with Crippen molar-refractivity contribution in [3.05, 3.63) is 166 Å². The van der Waals surface area contributed by atoms with Gasteiger partial charge in [0.2, 0.25) is 0 Å². The van der Waals surface area contributed by atoms with Crippen molar-refractivity contribution in [1.82, 2.24) is 0 Å². The predicted octanol–water partition coefficient (Wildman–Crippen LogP) is 5.76. The van der Waals surface area contributed by atoms with Crippen molar-refractivity contribution in [3.63, 3.8) is 0 Å². The van der Waals surface area contributed by atoms with E-state index in [0.29, 0.717) is 32.3 Å². The molecule has 0 fully saturated rings. The lowest BCUT2D eigenvalue weighted by Crippen LogP contribution is -2.33. The number of benzene rings is 4. The summed E-state index contributed by atoms with van der Waals surface area (Å²) in [6.45, 7) is 0. The normalized spacial score (nSPS) is 22.0. The zero-order valence-electron chi connectivity index (χ0n) is 22.2. The first-order valence-corrected chi connectivity index (χ1v) is 13.8. The van der Waals surface area contributed by atoms with Gasteiger partial charge in [0.1, 0.15) is 0 Å². The molecule has 5 rings (SSSR count). The predicted molar refractivity (Wildman–Crippen MR) is 166 cm³/mol. The molecule has 0 bridgehead atoms. The molecule has 4 N–H and O–H groups in total. The molecule has 0 amide bonds. The third-order valence-corrected chi connectivity index (χ3v) is 7.64. The topological polar surface area (TPSA) is 80.9 Å². The second-order valence-electron chi connectivity index (χ2n) is 9.93. The van der Waals surface area contributed by atoms with Crippen LogP contribution in [0.25, 0.3) is 0 Å². The Kier molecular flexibility index (Phi) is 8.15. The van der Waals surface area contributed by atoms with E-state index in [9.17, 15) is 20.4 Å². The van der Waals surface area contributed by atoms with Crippen LogP contribution in [0.2, 0.25) is 10.0 Å². The van der Waals surface area contributed by atoms with Crippen molar-refractivity contribution < 1.29 is 20.4 Å². The molecule has 0 radical (unpaired) electrons. The second-order valence-corrected chi connectivity index (χ2v) is 10.7. The van der Waals surface area contributed by atoms with Crippen molar-refractivity contribution in [1.29, 1.82) is 0 Å². The summed E-state index contributed by atoms with van der Waals surface area (Å²) >= 11 is 12.9. The third kappa shape index (κ3) is 5.93. The highest BCUT2D eigenvalue weighted by Crippen LogP contribution is 2.36. The molecule has 1 aliphatic carbocycles.